The first-order chi connectivity index (χ1) is 13.6. The average molecular weight is 396 g/mol. The van der Waals surface area contributed by atoms with Crippen LogP contribution in [0.4, 0.5) is 5.00 Å². The second kappa shape index (κ2) is 9.20. The molecule has 1 N–H and O–H groups in total. The first-order valence-corrected chi connectivity index (χ1v) is 9.75. The maximum atomic E-state index is 12.1. The Morgan fingerprint density at radius 1 is 1.25 bits per heavy atom. The minimum atomic E-state index is -0.614. The van der Waals surface area contributed by atoms with E-state index in [4.69, 9.17) is 9.47 Å². The van der Waals surface area contributed by atoms with E-state index in [9.17, 15) is 14.9 Å². The molecule has 1 aromatic heterocycles. The Bertz CT molecular complexity index is 939. The van der Waals surface area contributed by atoms with Crippen molar-refractivity contribution in [2.45, 2.75) is 25.7 Å². The van der Waals surface area contributed by atoms with Crippen molar-refractivity contribution in [3.63, 3.8) is 0 Å². The van der Waals surface area contributed by atoms with Crippen LogP contribution in [0.15, 0.2) is 30.3 Å². The summed E-state index contributed by atoms with van der Waals surface area (Å²) < 4.78 is 10.0. The van der Waals surface area contributed by atoms with Crippen molar-refractivity contribution in [3.05, 3.63) is 51.9 Å². The fourth-order valence-electron chi connectivity index (χ4n) is 3.00. The molecule has 0 bridgehead atoms. The van der Waals surface area contributed by atoms with Gasteiger partial charge in [-0.25, -0.2) is 4.79 Å². The second-order valence-corrected chi connectivity index (χ2v) is 7.39. The SMILES string of the molecule is COc1ccc(/C=C/C(=O)OCC(=O)Nc2sc3c(c2C#N)CCCC3)cc1. The molecule has 1 heterocycles. The van der Waals surface area contributed by atoms with Crippen LogP contribution in [0.5, 0.6) is 5.75 Å². The number of hydrogen-bond acceptors (Lipinski definition) is 6. The number of rotatable bonds is 6. The predicted molar refractivity (Wildman–Crippen MR) is 107 cm³/mol. The molecule has 0 fully saturated rings. The highest BCUT2D eigenvalue weighted by Gasteiger charge is 2.21. The number of nitrogens with zero attached hydrogens (tertiary/aromatic N) is 1. The molecule has 1 aromatic carbocycles. The molecule has 28 heavy (non-hydrogen) atoms. The van der Waals surface area contributed by atoms with Gasteiger partial charge in [0.05, 0.1) is 12.7 Å². The Hall–Kier alpha value is -3.11. The van der Waals surface area contributed by atoms with Gasteiger partial charge in [0.15, 0.2) is 6.61 Å². The highest BCUT2D eigenvalue weighted by Crippen LogP contribution is 2.37. The third-order valence-electron chi connectivity index (χ3n) is 4.41. The number of esters is 1. The largest absolute Gasteiger partial charge is 0.497 e. The maximum Gasteiger partial charge on any atom is 0.331 e. The number of aryl methyl sites for hydroxylation is 1. The summed E-state index contributed by atoms with van der Waals surface area (Å²) in [6.45, 7) is -0.404. The molecular weight excluding hydrogens is 376 g/mol. The zero-order valence-corrected chi connectivity index (χ0v) is 16.3. The lowest BCUT2D eigenvalue weighted by atomic mass is 9.96. The molecular formula is C21H20N2O4S. The highest BCUT2D eigenvalue weighted by atomic mass is 32.1. The van der Waals surface area contributed by atoms with Gasteiger partial charge in [-0.15, -0.1) is 11.3 Å². The van der Waals surface area contributed by atoms with Gasteiger partial charge in [0.2, 0.25) is 0 Å². The van der Waals surface area contributed by atoms with E-state index in [2.05, 4.69) is 11.4 Å². The quantitative estimate of drug-likeness (QED) is 0.594. The van der Waals surface area contributed by atoms with E-state index in [1.54, 1.807) is 37.5 Å². The minimum absolute atomic E-state index is 0.404. The molecule has 0 saturated heterocycles. The third-order valence-corrected chi connectivity index (χ3v) is 5.62. The first-order valence-electron chi connectivity index (χ1n) is 8.94. The lowest BCUT2D eigenvalue weighted by Crippen LogP contribution is -2.20. The van der Waals surface area contributed by atoms with Gasteiger partial charge >= 0.3 is 5.97 Å². The molecule has 1 amide bonds. The third kappa shape index (κ3) is 4.78. The summed E-state index contributed by atoms with van der Waals surface area (Å²) >= 11 is 1.44. The Morgan fingerprint density at radius 2 is 2.00 bits per heavy atom. The smallest absolute Gasteiger partial charge is 0.331 e. The summed E-state index contributed by atoms with van der Waals surface area (Å²) in [6, 6.07) is 9.36. The van der Waals surface area contributed by atoms with Crippen LogP contribution in [0.25, 0.3) is 6.08 Å². The summed E-state index contributed by atoms with van der Waals surface area (Å²) in [6.07, 6.45) is 6.83. The molecule has 3 rings (SSSR count). The summed E-state index contributed by atoms with van der Waals surface area (Å²) in [5.41, 5.74) is 2.40. The van der Waals surface area contributed by atoms with E-state index in [-0.39, 0.29) is 0 Å². The number of anilines is 1. The number of nitrogens with one attached hydrogen (secondary N) is 1. The standard InChI is InChI=1S/C21H20N2O4S/c1-26-15-9-6-14(7-10-15)8-11-20(25)27-13-19(24)23-21-17(12-22)16-4-2-3-5-18(16)28-21/h6-11H,2-5,13H2,1H3,(H,23,24)/b11-8+. The van der Waals surface area contributed by atoms with Crippen LogP contribution < -0.4 is 10.1 Å². The molecule has 6 nitrogen and oxygen atoms in total. The molecule has 1 aliphatic rings. The summed E-state index contributed by atoms with van der Waals surface area (Å²) in [5, 5.41) is 12.7. The van der Waals surface area contributed by atoms with Crippen LogP contribution in [-0.2, 0) is 27.2 Å². The number of methoxy groups -OCH3 is 1. The van der Waals surface area contributed by atoms with E-state index >= 15 is 0 Å². The minimum Gasteiger partial charge on any atom is -0.497 e. The highest BCUT2D eigenvalue weighted by molar-refractivity contribution is 7.16. The Morgan fingerprint density at radius 3 is 2.71 bits per heavy atom. The van der Waals surface area contributed by atoms with Crippen molar-refractivity contribution in [2.24, 2.45) is 0 Å². The van der Waals surface area contributed by atoms with Crippen molar-refractivity contribution in [1.82, 2.24) is 0 Å². The van der Waals surface area contributed by atoms with E-state index in [1.165, 1.54) is 17.4 Å². The predicted octanol–water partition coefficient (Wildman–Crippen LogP) is 3.70. The number of amides is 1. The molecule has 7 heteroatoms. The fourth-order valence-corrected chi connectivity index (χ4v) is 4.25. The fraction of sp³-hybridized carbons (Fsp3) is 0.286. The van der Waals surface area contributed by atoms with Crippen molar-refractivity contribution in [2.75, 3.05) is 19.0 Å². The lowest BCUT2D eigenvalue weighted by Gasteiger charge is -2.09. The molecule has 0 aliphatic heterocycles. The molecule has 0 atom stereocenters. The van der Waals surface area contributed by atoms with Crippen LogP contribution in [0.3, 0.4) is 0 Å². The van der Waals surface area contributed by atoms with Gasteiger partial charge in [-0.1, -0.05) is 12.1 Å². The van der Waals surface area contributed by atoms with Gasteiger partial charge in [0.1, 0.15) is 16.8 Å². The van der Waals surface area contributed by atoms with E-state index < -0.39 is 18.5 Å². The number of ether oxygens (including phenoxy) is 2. The molecule has 1 aliphatic carbocycles. The maximum absolute atomic E-state index is 12.1. The van der Waals surface area contributed by atoms with Crippen LogP contribution in [-0.4, -0.2) is 25.6 Å². The van der Waals surface area contributed by atoms with E-state index in [0.29, 0.717) is 10.6 Å². The molecule has 0 saturated carbocycles. The van der Waals surface area contributed by atoms with E-state index in [1.807, 2.05) is 0 Å². The number of hydrogen-bond donors (Lipinski definition) is 1. The molecule has 0 spiro atoms. The number of benzene rings is 1. The van der Waals surface area contributed by atoms with Crippen LogP contribution in [0.2, 0.25) is 0 Å². The Balaban J connectivity index is 1.53. The van der Waals surface area contributed by atoms with Gasteiger partial charge in [0, 0.05) is 11.0 Å². The Kier molecular flexibility index (Phi) is 6.45. The average Bonchev–Trinajstić information content (AvgIpc) is 3.07. The normalized spacial score (nSPS) is 12.9. The molecule has 144 valence electrons. The molecule has 0 unspecified atom stereocenters. The van der Waals surface area contributed by atoms with E-state index in [0.717, 1.165) is 47.4 Å². The number of thiophene rings is 1. The summed E-state index contributed by atoms with van der Waals surface area (Å²) in [7, 11) is 1.58. The summed E-state index contributed by atoms with van der Waals surface area (Å²) in [5.74, 6) is -0.346. The van der Waals surface area contributed by atoms with Gasteiger partial charge < -0.3 is 14.8 Å². The van der Waals surface area contributed by atoms with Crippen molar-refractivity contribution in [3.8, 4) is 11.8 Å². The number of fused-ring (bicyclic) bond motifs is 1. The van der Waals surface area contributed by atoms with Crippen molar-refractivity contribution in [1.29, 1.82) is 5.26 Å². The van der Waals surface area contributed by atoms with Crippen LogP contribution in [0, 0.1) is 11.3 Å². The number of carbonyl (C=O) groups is 2. The number of carbonyl (C=O) groups excluding carboxylic acids is 2. The van der Waals surface area contributed by atoms with Gasteiger partial charge in [-0.3, -0.25) is 4.79 Å². The van der Waals surface area contributed by atoms with Gasteiger partial charge in [-0.05, 0) is 55.0 Å². The van der Waals surface area contributed by atoms with Gasteiger partial charge in [0.25, 0.3) is 5.91 Å². The zero-order valence-electron chi connectivity index (χ0n) is 15.5. The molecule has 0 radical (unpaired) electrons. The summed E-state index contributed by atoms with van der Waals surface area (Å²) in [4.78, 5) is 25.1. The first kappa shape index (κ1) is 19.6. The lowest BCUT2D eigenvalue weighted by molar-refractivity contribution is -0.142. The van der Waals surface area contributed by atoms with Gasteiger partial charge in [-0.2, -0.15) is 5.26 Å². The topological polar surface area (TPSA) is 88.4 Å². The monoisotopic (exact) mass is 396 g/mol. The van der Waals surface area contributed by atoms with Crippen LogP contribution >= 0.6 is 11.3 Å². The second-order valence-electron chi connectivity index (χ2n) is 6.29. The van der Waals surface area contributed by atoms with Crippen molar-refractivity contribution >= 4 is 34.3 Å². The Labute approximate surface area is 167 Å². The van der Waals surface area contributed by atoms with Crippen molar-refractivity contribution < 1.29 is 19.1 Å². The number of nitriles is 1. The zero-order chi connectivity index (χ0) is 19.9. The molecule has 2 aromatic rings. The van der Waals surface area contributed by atoms with Crippen LogP contribution in [0.1, 0.15) is 34.4 Å².